The molecule has 35 heavy (non-hydrogen) atoms. The zero-order chi connectivity index (χ0) is 25.5. The highest BCUT2D eigenvalue weighted by molar-refractivity contribution is 8.14. The maximum Gasteiger partial charge on any atom is 0.336 e. The van der Waals surface area contributed by atoms with Crippen LogP contribution in [0.5, 0.6) is 0 Å². The molecule has 1 aliphatic heterocycles. The minimum Gasteiger partial charge on any atom is -0.465 e. The van der Waals surface area contributed by atoms with Gasteiger partial charge in [0.05, 0.1) is 34.3 Å². The van der Waals surface area contributed by atoms with Crippen molar-refractivity contribution in [3.63, 3.8) is 0 Å². The zero-order valence-corrected chi connectivity index (χ0v) is 21.0. The molecular formula is C24H24N2O7S2. The molecule has 0 amide bonds. The summed E-state index contributed by atoms with van der Waals surface area (Å²) < 4.78 is 10.6. The Balaban J connectivity index is 2.14. The lowest BCUT2D eigenvalue weighted by molar-refractivity contribution is -0.384. The fourth-order valence-electron chi connectivity index (χ4n) is 3.82. The average molecular weight is 517 g/mol. The molecule has 1 aromatic heterocycles. The van der Waals surface area contributed by atoms with Gasteiger partial charge in [0.25, 0.3) is 5.69 Å². The Labute approximate surface area is 210 Å². The number of ether oxygens (including phenoxy) is 2. The van der Waals surface area contributed by atoms with E-state index in [1.807, 2.05) is 0 Å². The highest BCUT2D eigenvalue weighted by Crippen LogP contribution is 2.42. The number of thiophene rings is 1. The molecule has 0 saturated heterocycles. The summed E-state index contributed by atoms with van der Waals surface area (Å²) in [5.74, 6) is -3.17. The van der Waals surface area contributed by atoms with Crippen LogP contribution in [0.1, 0.15) is 41.9 Å². The van der Waals surface area contributed by atoms with Gasteiger partial charge < -0.3 is 9.47 Å². The molecule has 2 atom stereocenters. The maximum atomic E-state index is 13.2. The Morgan fingerprint density at radius 2 is 1.89 bits per heavy atom. The number of benzene rings is 1. The van der Waals surface area contributed by atoms with Crippen LogP contribution in [0.2, 0.25) is 0 Å². The maximum absolute atomic E-state index is 13.2. The molecule has 11 heteroatoms. The third-order valence-corrected chi connectivity index (χ3v) is 7.15. The van der Waals surface area contributed by atoms with E-state index in [-0.39, 0.29) is 41.0 Å². The normalized spacial score (nSPS) is 17.5. The summed E-state index contributed by atoms with van der Waals surface area (Å²) >= 11 is 2.29. The first-order chi connectivity index (χ1) is 16.8. The SMILES string of the molecule is CCOC(=O)C1=C(CSC(=O)c2cccs2)N=C(C)C(C(=O)OCC)C1c1cccc([N+](=O)[O-])c1. The summed E-state index contributed by atoms with van der Waals surface area (Å²) in [7, 11) is 0. The Kier molecular flexibility index (Phi) is 8.94. The first kappa shape index (κ1) is 26.3. The second-order valence-electron chi connectivity index (χ2n) is 7.45. The second-order valence-corrected chi connectivity index (χ2v) is 9.34. The number of esters is 2. The van der Waals surface area contributed by atoms with Gasteiger partial charge in [-0.3, -0.25) is 24.7 Å². The zero-order valence-electron chi connectivity index (χ0n) is 19.4. The number of nitro groups is 1. The Morgan fingerprint density at radius 3 is 2.51 bits per heavy atom. The molecule has 0 N–H and O–H groups in total. The quantitative estimate of drug-likeness (QED) is 0.265. The summed E-state index contributed by atoms with van der Waals surface area (Å²) in [5, 5.41) is 13.1. The van der Waals surface area contributed by atoms with Crippen molar-refractivity contribution in [3.8, 4) is 0 Å². The number of carbonyl (C=O) groups excluding carboxylic acids is 3. The van der Waals surface area contributed by atoms with E-state index in [4.69, 9.17) is 9.47 Å². The van der Waals surface area contributed by atoms with E-state index in [9.17, 15) is 24.5 Å². The monoisotopic (exact) mass is 516 g/mol. The predicted octanol–water partition coefficient (Wildman–Crippen LogP) is 4.78. The van der Waals surface area contributed by atoms with Crippen molar-refractivity contribution >= 4 is 51.6 Å². The first-order valence-corrected chi connectivity index (χ1v) is 12.7. The number of hydrogen-bond acceptors (Lipinski definition) is 10. The lowest BCUT2D eigenvalue weighted by atomic mass is 9.75. The van der Waals surface area contributed by atoms with Gasteiger partial charge in [-0.05, 0) is 37.8 Å². The number of non-ortho nitro benzene ring substituents is 1. The molecule has 3 rings (SSSR count). The molecule has 0 bridgehead atoms. The van der Waals surface area contributed by atoms with Crippen molar-refractivity contribution in [1.82, 2.24) is 0 Å². The van der Waals surface area contributed by atoms with Gasteiger partial charge in [0, 0.05) is 29.5 Å². The van der Waals surface area contributed by atoms with E-state index in [1.165, 1.54) is 29.5 Å². The number of rotatable bonds is 9. The van der Waals surface area contributed by atoms with E-state index in [0.717, 1.165) is 11.8 Å². The summed E-state index contributed by atoms with van der Waals surface area (Å²) in [6.07, 6.45) is 0. The van der Waals surface area contributed by atoms with Crippen molar-refractivity contribution < 1.29 is 28.8 Å². The van der Waals surface area contributed by atoms with Gasteiger partial charge in [0.1, 0.15) is 5.92 Å². The van der Waals surface area contributed by atoms with E-state index in [0.29, 0.717) is 16.2 Å². The molecule has 2 heterocycles. The van der Waals surface area contributed by atoms with Crippen LogP contribution in [-0.4, -0.2) is 46.7 Å². The number of nitrogens with zero attached hydrogens (tertiary/aromatic N) is 2. The minimum atomic E-state index is -0.988. The molecule has 1 aromatic carbocycles. The molecule has 1 aliphatic rings. The Hall–Kier alpha value is -3.31. The van der Waals surface area contributed by atoms with Gasteiger partial charge >= 0.3 is 11.9 Å². The van der Waals surface area contributed by atoms with Gasteiger partial charge in [-0.15, -0.1) is 11.3 Å². The van der Waals surface area contributed by atoms with Gasteiger partial charge in [0.15, 0.2) is 0 Å². The van der Waals surface area contributed by atoms with Crippen molar-refractivity contribution in [2.75, 3.05) is 19.0 Å². The van der Waals surface area contributed by atoms with Crippen LogP contribution in [0.3, 0.4) is 0 Å². The number of hydrogen-bond donors (Lipinski definition) is 0. The van der Waals surface area contributed by atoms with Crippen LogP contribution in [0.15, 0.2) is 58.0 Å². The number of carbonyl (C=O) groups is 3. The van der Waals surface area contributed by atoms with Crippen LogP contribution >= 0.6 is 23.1 Å². The third kappa shape index (κ3) is 6.04. The minimum absolute atomic E-state index is 0.0587. The molecule has 0 aliphatic carbocycles. The molecule has 0 radical (unpaired) electrons. The standard InChI is InChI=1S/C24H24N2O7S2/c1-4-32-22(27)19-14(3)25-17(13-35-24(29)18-10-7-11-34-18)21(23(28)33-5-2)20(19)15-8-6-9-16(12-15)26(30)31/h6-12,19-20H,4-5,13H2,1-3H3. The van der Waals surface area contributed by atoms with Crippen LogP contribution in [-0.2, 0) is 19.1 Å². The summed E-state index contributed by atoms with van der Waals surface area (Å²) in [6.45, 7) is 5.14. The largest absolute Gasteiger partial charge is 0.465 e. The number of nitro benzene ring substituents is 1. The summed E-state index contributed by atoms with van der Waals surface area (Å²) in [4.78, 5) is 54.8. The van der Waals surface area contributed by atoms with Crippen molar-refractivity contribution in [2.24, 2.45) is 10.9 Å². The van der Waals surface area contributed by atoms with E-state index >= 15 is 0 Å². The van der Waals surface area contributed by atoms with Crippen LogP contribution in [0.25, 0.3) is 0 Å². The van der Waals surface area contributed by atoms with Crippen LogP contribution in [0, 0.1) is 16.0 Å². The van der Waals surface area contributed by atoms with Crippen molar-refractivity contribution in [3.05, 3.63) is 73.6 Å². The van der Waals surface area contributed by atoms with Crippen LogP contribution in [0.4, 0.5) is 5.69 Å². The first-order valence-electron chi connectivity index (χ1n) is 10.8. The van der Waals surface area contributed by atoms with E-state index in [1.54, 1.807) is 44.4 Å². The average Bonchev–Trinajstić information content (AvgIpc) is 3.37. The van der Waals surface area contributed by atoms with Gasteiger partial charge in [0.2, 0.25) is 5.12 Å². The van der Waals surface area contributed by atoms with Crippen molar-refractivity contribution in [1.29, 1.82) is 0 Å². The molecule has 0 saturated carbocycles. The van der Waals surface area contributed by atoms with Crippen molar-refractivity contribution in [2.45, 2.75) is 26.7 Å². The Bertz CT molecular complexity index is 1190. The fraction of sp³-hybridized carbons (Fsp3) is 0.333. The van der Waals surface area contributed by atoms with E-state index < -0.39 is 28.7 Å². The number of aliphatic imine (C=N–C) groups is 1. The molecule has 2 aromatic rings. The topological polar surface area (TPSA) is 125 Å². The lowest BCUT2D eigenvalue weighted by Gasteiger charge is -2.32. The molecular weight excluding hydrogens is 492 g/mol. The van der Waals surface area contributed by atoms with Gasteiger partial charge in [-0.1, -0.05) is 30.0 Å². The number of thioether (sulfide) groups is 1. The van der Waals surface area contributed by atoms with E-state index in [2.05, 4.69) is 4.99 Å². The molecule has 2 unspecified atom stereocenters. The predicted molar refractivity (Wildman–Crippen MR) is 134 cm³/mol. The highest BCUT2D eigenvalue weighted by Gasteiger charge is 2.43. The third-order valence-electron chi connectivity index (χ3n) is 5.26. The molecule has 0 spiro atoms. The molecule has 0 fully saturated rings. The Morgan fingerprint density at radius 1 is 1.14 bits per heavy atom. The molecule has 184 valence electrons. The lowest BCUT2D eigenvalue weighted by Crippen LogP contribution is -2.37. The van der Waals surface area contributed by atoms with Gasteiger partial charge in [-0.25, -0.2) is 4.79 Å². The summed E-state index contributed by atoms with van der Waals surface area (Å²) in [5.41, 5.74) is 0.946. The molecule has 9 nitrogen and oxygen atoms in total. The highest BCUT2D eigenvalue weighted by atomic mass is 32.2. The second kappa shape index (κ2) is 11.9. The van der Waals surface area contributed by atoms with Crippen LogP contribution < -0.4 is 0 Å². The summed E-state index contributed by atoms with van der Waals surface area (Å²) in [6, 6.07) is 9.25. The van der Waals surface area contributed by atoms with Gasteiger partial charge in [-0.2, -0.15) is 0 Å². The smallest absolute Gasteiger partial charge is 0.336 e. The fourth-order valence-corrected chi connectivity index (χ4v) is 5.40.